The van der Waals surface area contributed by atoms with Crippen LogP contribution in [0.4, 0.5) is 4.79 Å². The standard InChI is InChI=1S/C13H15N3O2/c14-10-16(12-6-7-15-8-12)13(17)18-9-11-4-2-1-3-5-11/h1-5,12,15H,6-9H2. The van der Waals surface area contributed by atoms with E-state index in [1.165, 1.54) is 0 Å². The van der Waals surface area contributed by atoms with Crippen LogP contribution in [0, 0.1) is 11.5 Å². The molecule has 0 aliphatic carbocycles. The average Bonchev–Trinajstić information content (AvgIpc) is 2.92. The van der Waals surface area contributed by atoms with Crippen LogP contribution in [-0.4, -0.2) is 30.1 Å². The van der Waals surface area contributed by atoms with Gasteiger partial charge >= 0.3 is 6.09 Å². The summed E-state index contributed by atoms with van der Waals surface area (Å²) in [5.74, 6) is 0. The van der Waals surface area contributed by atoms with Gasteiger partial charge in [-0.3, -0.25) is 0 Å². The summed E-state index contributed by atoms with van der Waals surface area (Å²) in [5, 5.41) is 12.1. The van der Waals surface area contributed by atoms with Crippen LogP contribution in [0.2, 0.25) is 0 Å². The Morgan fingerprint density at radius 2 is 2.28 bits per heavy atom. The molecule has 0 saturated carbocycles. The Balaban J connectivity index is 1.88. The zero-order valence-corrected chi connectivity index (χ0v) is 10.0. The van der Waals surface area contributed by atoms with E-state index in [0.717, 1.165) is 23.4 Å². The van der Waals surface area contributed by atoms with E-state index in [0.29, 0.717) is 6.54 Å². The molecule has 2 rings (SSSR count). The van der Waals surface area contributed by atoms with Crippen LogP contribution in [0.5, 0.6) is 0 Å². The van der Waals surface area contributed by atoms with Crippen LogP contribution in [-0.2, 0) is 11.3 Å². The van der Waals surface area contributed by atoms with Gasteiger partial charge in [-0.05, 0) is 18.5 Å². The molecule has 18 heavy (non-hydrogen) atoms. The highest BCUT2D eigenvalue weighted by atomic mass is 16.6. The summed E-state index contributed by atoms with van der Waals surface area (Å²) in [6, 6.07) is 9.33. The van der Waals surface area contributed by atoms with Crippen molar-refractivity contribution in [3.8, 4) is 6.19 Å². The molecule has 0 radical (unpaired) electrons. The lowest BCUT2D eigenvalue weighted by Gasteiger charge is -2.19. The van der Waals surface area contributed by atoms with Crippen LogP contribution in [0.15, 0.2) is 30.3 Å². The molecule has 1 N–H and O–H groups in total. The number of carbonyl (C=O) groups excluding carboxylic acids is 1. The summed E-state index contributed by atoms with van der Waals surface area (Å²) in [4.78, 5) is 12.9. The Labute approximate surface area is 106 Å². The van der Waals surface area contributed by atoms with Crippen molar-refractivity contribution in [1.29, 1.82) is 5.26 Å². The largest absolute Gasteiger partial charge is 0.444 e. The SMILES string of the molecule is N#CN(C(=O)OCc1ccccc1)C1CCNC1. The Kier molecular flexibility index (Phi) is 4.15. The minimum absolute atomic E-state index is 0.0849. The van der Waals surface area contributed by atoms with Gasteiger partial charge in [0, 0.05) is 6.54 Å². The Morgan fingerprint density at radius 1 is 1.50 bits per heavy atom. The lowest BCUT2D eigenvalue weighted by Crippen LogP contribution is -2.38. The Bertz CT molecular complexity index is 435. The molecule has 0 bridgehead atoms. The van der Waals surface area contributed by atoms with Gasteiger partial charge in [0.05, 0.1) is 6.04 Å². The molecule has 0 spiro atoms. The van der Waals surface area contributed by atoms with Crippen molar-refractivity contribution in [1.82, 2.24) is 10.2 Å². The number of nitrogens with zero attached hydrogens (tertiary/aromatic N) is 2. The van der Waals surface area contributed by atoms with Crippen molar-refractivity contribution in [2.24, 2.45) is 0 Å². The molecule has 1 heterocycles. The van der Waals surface area contributed by atoms with Crippen molar-refractivity contribution >= 4 is 6.09 Å². The molecular formula is C13H15N3O2. The highest BCUT2D eigenvalue weighted by Crippen LogP contribution is 2.10. The highest BCUT2D eigenvalue weighted by molar-refractivity contribution is 5.70. The molecule has 1 aromatic carbocycles. The van der Waals surface area contributed by atoms with Gasteiger partial charge in [0.1, 0.15) is 6.61 Å². The van der Waals surface area contributed by atoms with E-state index in [2.05, 4.69) is 5.32 Å². The van der Waals surface area contributed by atoms with Gasteiger partial charge in [0.15, 0.2) is 6.19 Å². The van der Waals surface area contributed by atoms with Gasteiger partial charge in [0.25, 0.3) is 0 Å². The van der Waals surface area contributed by atoms with Crippen LogP contribution in [0.1, 0.15) is 12.0 Å². The minimum Gasteiger partial charge on any atom is -0.444 e. The predicted octanol–water partition coefficient (Wildman–Crippen LogP) is 1.47. The molecule has 94 valence electrons. The number of carbonyl (C=O) groups is 1. The summed E-state index contributed by atoms with van der Waals surface area (Å²) in [5.41, 5.74) is 0.910. The third kappa shape index (κ3) is 2.99. The molecule has 1 aliphatic heterocycles. The number of rotatable bonds is 3. The normalized spacial score (nSPS) is 18.1. The average molecular weight is 245 g/mol. The van der Waals surface area contributed by atoms with E-state index >= 15 is 0 Å². The van der Waals surface area contributed by atoms with Crippen molar-refractivity contribution in [3.05, 3.63) is 35.9 Å². The molecule has 5 nitrogen and oxygen atoms in total. The van der Waals surface area contributed by atoms with E-state index in [4.69, 9.17) is 10.00 Å². The predicted molar refractivity (Wildman–Crippen MR) is 65.4 cm³/mol. The maximum absolute atomic E-state index is 11.8. The Hall–Kier alpha value is -2.06. The van der Waals surface area contributed by atoms with E-state index in [-0.39, 0.29) is 12.6 Å². The van der Waals surface area contributed by atoms with Gasteiger partial charge in [-0.15, -0.1) is 0 Å². The van der Waals surface area contributed by atoms with Gasteiger partial charge < -0.3 is 10.1 Å². The fourth-order valence-electron chi connectivity index (χ4n) is 1.92. The summed E-state index contributed by atoms with van der Waals surface area (Å²) in [7, 11) is 0. The summed E-state index contributed by atoms with van der Waals surface area (Å²) in [6.45, 7) is 1.67. The molecule has 5 heteroatoms. The fraction of sp³-hybridized carbons (Fsp3) is 0.385. The van der Waals surface area contributed by atoms with Gasteiger partial charge in [-0.2, -0.15) is 5.26 Å². The monoisotopic (exact) mass is 245 g/mol. The van der Waals surface area contributed by atoms with E-state index in [9.17, 15) is 4.79 Å². The molecule has 0 aromatic heterocycles. The number of hydrogen-bond acceptors (Lipinski definition) is 4. The van der Waals surface area contributed by atoms with Crippen LogP contribution in [0.25, 0.3) is 0 Å². The minimum atomic E-state index is -0.574. The first-order chi connectivity index (χ1) is 8.81. The van der Waals surface area contributed by atoms with Crippen LogP contribution >= 0.6 is 0 Å². The van der Waals surface area contributed by atoms with Crippen molar-refractivity contribution < 1.29 is 9.53 Å². The zero-order chi connectivity index (χ0) is 12.8. The lowest BCUT2D eigenvalue weighted by atomic mass is 10.2. The molecule has 1 amide bonds. The number of nitrogens with one attached hydrogen (secondary N) is 1. The number of amides is 1. The second-order valence-corrected chi connectivity index (χ2v) is 4.16. The summed E-state index contributed by atoms with van der Waals surface area (Å²) in [6.07, 6.45) is 2.11. The van der Waals surface area contributed by atoms with E-state index < -0.39 is 6.09 Å². The van der Waals surface area contributed by atoms with Crippen LogP contribution in [0.3, 0.4) is 0 Å². The first kappa shape index (κ1) is 12.4. The van der Waals surface area contributed by atoms with Crippen LogP contribution < -0.4 is 5.32 Å². The quantitative estimate of drug-likeness (QED) is 0.647. The van der Waals surface area contributed by atoms with Crippen molar-refractivity contribution in [3.63, 3.8) is 0 Å². The molecule has 1 saturated heterocycles. The lowest BCUT2D eigenvalue weighted by molar-refractivity contribution is 0.103. The molecule has 1 aliphatic rings. The third-order valence-corrected chi connectivity index (χ3v) is 2.91. The zero-order valence-electron chi connectivity index (χ0n) is 10.0. The molecule has 1 unspecified atom stereocenters. The van der Waals surface area contributed by atoms with Gasteiger partial charge in [0.2, 0.25) is 0 Å². The number of ether oxygens (including phenoxy) is 1. The number of hydrogen-bond donors (Lipinski definition) is 1. The maximum atomic E-state index is 11.8. The smallest absolute Gasteiger partial charge is 0.423 e. The highest BCUT2D eigenvalue weighted by Gasteiger charge is 2.27. The van der Waals surface area contributed by atoms with Crippen molar-refractivity contribution in [2.75, 3.05) is 13.1 Å². The third-order valence-electron chi connectivity index (χ3n) is 2.91. The first-order valence-corrected chi connectivity index (χ1v) is 5.91. The van der Waals surface area contributed by atoms with Gasteiger partial charge in [-0.1, -0.05) is 30.3 Å². The Morgan fingerprint density at radius 3 is 2.89 bits per heavy atom. The summed E-state index contributed by atoms with van der Waals surface area (Å²) >= 11 is 0. The second-order valence-electron chi connectivity index (χ2n) is 4.16. The fourth-order valence-corrected chi connectivity index (χ4v) is 1.92. The number of benzene rings is 1. The second kappa shape index (κ2) is 6.03. The molecular weight excluding hydrogens is 230 g/mol. The van der Waals surface area contributed by atoms with Gasteiger partial charge in [-0.25, -0.2) is 9.69 Å². The first-order valence-electron chi connectivity index (χ1n) is 5.91. The molecule has 1 aromatic rings. The topological polar surface area (TPSA) is 65.4 Å². The van der Waals surface area contributed by atoms with E-state index in [1.54, 1.807) is 0 Å². The maximum Gasteiger partial charge on any atom is 0.423 e. The van der Waals surface area contributed by atoms with E-state index in [1.807, 2.05) is 36.5 Å². The molecule has 1 fully saturated rings. The molecule has 1 atom stereocenters. The van der Waals surface area contributed by atoms with Crippen molar-refractivity contribution in [2.45, 2.75) is 19.1 Å². The summed E-state index contributed by atoms with van der Waals surface area (Å²) < 4.78 is 5.13. The number of nitriles is 1.